The summed E-state index contributed by atoms with van der Waals surface area (Å²) in [5.41, 5.74) is 2.86. The molecule has 2 aromatic heterocycles. The van der Waals surface area contributed by atoms with Gasteiger partial charge in [0.25, 0.3) is 0 Å². The molecule has 0 aliphatic heterocycles. The molecule has 16 heavy (non-hydrogen) atoms. The van der Waals surface area contributed by atoms with Gasteiger partial charge in [0.15, 0.2) is 0 Å². The maximum atomic E-state index is 10.3. The van der Waals surface area contributed by atoms with Gasteiger partial charge in [-0.15, -0.1) is 11.3 Å². The quantitative estimate of drug-likeness (QED) is 0.870. The second-order valence-electron chi connectivity index (χ2n) is 4.06. The molecule has 1 atom stereocenters. The van der Waals surface area contributed by atoms with Gasteiger partial charge in [0.1, 0.15) is 6.10 Å². The summed E-state index contributed by atoms with van der Waals surface area (Å²) < 4.78 is 1.81. The van der Waals surface area contributed by atoms with Crippen LogP contribution in [0.5, 0.6) is 0 Å². The Bertz CT molecular complexity index is 513. The number of hydrogen-bond donors (Lipinski definition) is 1. The van der Waals surface area contributed by atoms with Crippen LogP contribution in [0.25, 0.3) is 0 Å². The lowest BCUT2D eigenvalue weighted by Gasteiger charge is -2.09. The molecule has 86 valence electrons. The van der Waals surface area contributed by atoms with Crippen molar-refractivity contribution >= 4 is 11.3 Å². The molecule has 0 aliphatic carbocycles. The minimum Gasteiger partial charge on any atom is -0.383 e. The number of aliphatic hydroxyl groups excluding tert-OH is 1. The highest BCUT2D eigenvalue weighted by molar-refractivity contribution is 7.12. The zero-order valence-corrected chi connectivity index (χ0v) is 10.8. The Morgan fingerprint density at radius 2 is 2.00 bits per heavy atom. The normalized spacial score (nSPS) is 13.1. The molecular weight excluding hydrogens is 220 g/mol. The Hall–Kier alpha value is -1.13. The van der Waals surface area contributed by atoms with E-state index < -0.39 is 6.10 Å². The van der Waals surface area contributed by atoms with Crippen molar-refractivity contribution in [2.75, 3.05) is 0 Å². The summed E-state index contributed by atoms with van der Waals surface area (Å²) in [4.78, 5) is 2.20. The largest absolute Gasteiger partial charge is 0.383 e. The fourth-order valence-electron chi connectivity index (χ4n) is 1.93. The third-order valence-electron chi connectivity index (χ3n) is 2.87. The van der Waals surface area contributed by atoms with Crippen LogP contribution in [0, 0.1) is 20.8 Å². The van der Waals surface area contributed by atoms with Crippen LogP contribution in [0.1, 0.15) is 32.8 Å². The molecule has 3 nitrogen and oxygen atoms in total. The van der Waals surface area contributed by atoms with E-state index >= 15 is 0 Å². The van der Waals surface area contributed by atoms with E-state index in [-0.39, 0.29) is 0 Å². The molecule has 2 rings (SSSR count). The summed E-state index contributed by atoms with van der Waals surface area (Å²) in [5.74, 6) is 0. The van der Waals surface area contributed by atoms with Gasteiger partial charge in [-0.2, -0.15) is 5.10 Å². The number of thiophene rings is 1. The summed E-state index contributed by atoms with van der Waals surface area (Å²) in [5, 5.41) is 14.7. The van der Waals surface area contributed by atoms with Crippen LogP contribution in [-0.2, 0) is 7.05 Å². The Balaban J connectivity index is 2.44. The van der Waals surface area contributed by atoms with Crippen LogP contribution < -0.4 is 0 Å². The molecule has 0 aliphatic rings. The van der Waals surface area contributed by atoms with Gasteiger partial charge >= 0.3 is 0 Å². The van der Waals surface area contributed by atoms with Crippen molar-refractivity contribution in [3.05, 3.63) is 38.8 Å². The van der Waals surface area contributed by atoms with Crippen LogP contribution in [0.4, 0.5) is 0 Å². The highest BCUT2D eigenvalue weighted by Crippen LogP contribution is 2.31. The molecule has 0 saturated heterocycles. The van der Waals surface area contributed by atoms with E-state index in [9.17, 15) is 5.11 Å². The topological polar surface area (TPSA) is 38.1 Å². The molecule has 4 heteroatoms. The molecule has 0 aromatic carbocycles. The zero-order valence-electron chi connectivity index (χ0n) is 9.98. The highest BCUT2D eigenvalue weighted by Gasteiger charge is 2.20. The SMILES string of the molecule is Cc1ccc(C(O)c2c(C)nn(C)c2C)s1. The Morgan fingerprint density at radius 3 is 2.44 bits per heavy atom. The number of aromatic nitrogens is 2. The van der Waals surface area contributed by atoms with E-state index in [1.807, 2.05) is 44.6 Å². The van der Waals surface area contributed by atoms with Gasteiger partial charge in [-0.1, -0.05) is 0 Å². The maximum Gasteiger partial charge on any atom is 0.117 e. The monoisotopic (exact) mass is 236 g/mol. The van der Waals surface area contributed by atoms with Gasteiger partial charge < -0.3 is 5.11 Å². The molecule has 0 fully saturated rings. The first-order valence-corrected chi connectivity index (χ1v) is 6.07. The fraction of sp³-hybridized carbons (Fsp3) is 0.417. The van der Waals surface area contributed by atoms with Crippen molar-refractivity contribution in [2.45, 2.75) is 26.9 Å². The minimum absolute atomic E-state index is 0.549. The van der Waals surface area contributed by atoms with Gasteiger partial charge in [0.05, 0.1) is 5.69 Å². The molecule has 1 unspecified atom stereocenters. The third kappa shape index (κ3) is 1.79. The van der Waals surface area contributed by atoms with E-state index in [2.05, 4.69) is 5.10 Å². The molecular formula is C12H16N2OS. The van der Waals surface area contributed by atoms with Crippen molar-refractivity contribution in [2.24, 2.45) is 7.05 Å². The molecule has 0 bridgehead atoms. The van der Waals surface area contributed by atoms with Gasteiger partial charge in [-0.3, -0.25) is 4.68 Å². The minimum atomic E-state index is -0.549. The van der Waals surface area contributed by atoms with E-state index in [0.717, 1.165) is 21.8 Å². The average Bonchev–Trinajstić information content (AvgIpc) is 2.73. The lowest BCUT2D eigenvalue weighted by molar-refractivity contribution is 0.222. The first kappa shape index (κ1) is 11.4. The molecule has 0 spiro atoms. The van der Waals surface area contributed by atoms with Crippen LogP contribution in [0.15, 0.2) is 12.1 Å². The van der Waals surface area contributed by atoms with Gasteiger partial charge in [-0.05, 0) is 32.9 Å². The predicted molar refractivity (Wildman–Crippen MR) is 65.8 cm³/mol. The van der Waals surface area contributed by atoms with Gasteiger partial charge in [-0.25, -0.2) is 0 Å². The highest BCUT2D eigenvalue weighted by atomic mass is 32.1. The van der Waals surface area contributed by atoms with Crippen molar-refractivity contribution in [1.82, 2.24) is 9.78 Å². The van der Waals surface area contributed by atoms with Crippen molar-refractivity contribution in [1.29, 1.82) is 0 Å². The third-order valence-corrected chi connectivity index (χ3v) is 3.92. The first-order chi connectivity index (χ1) is 7.50. The van der Waals surface area contributed by atoms with Crippen LogP contribution in [0.2, 0.25) is 0 Å². The summed E-state index contributed by atoms with van der Waals surface area (Å²) in [6.45, 7) is 5.97. The molecule has 2 heterocycles. The molecule has 0 saturated carbocycles. The Kier molecular flexibility index (Phi) is 2.86. The van der Waals surface area contributed by atoms with Crippen LogP contribution >= 0.6 is 11.3 Å². The summed E-state index contributed by atoms with van der Waals surface area (Å²) in [6.07, 6.45) is -0.549. The number of aryl methyl sites for hydroxylation is 3. The standard InChI is InChI=1S/C12H16N2OS/c1-7-5-6-10(16-7)12(15)11-8(2)13-14(4)9(11)3/h5-6,12,15H,1-4H3. The van der Waals surface area contributed by atoms with Gasteiger partial charge in [0.2, 0.25) is 0 Å². The average molecular weight is 236 g/mol. The second kappa shape index (κ2) is 4.03. The van der Waals surface area contributed by atoms with Crippen molar-refractivity contribution < 1.29 is 5.11 Å². The van der Waals surface area contributed by atoms with Crippen LogP contribution in [0.3, 0.4) is 0 Å². The zero-order chi connectivity index (χ0) is 11.9. The smallest absolute Gasteiger partial charge is 0.117 e. The molecule has 2 aromatic rings. The van der Waals surface area contributed by atoms with E-state index in [1.54, 1.807) is 11.3 Å². The number of rotatable bonds is 2. The summed E-state index contributed by atoms with van der Waals surface area (Å²) in [7, 11) is 1.90. The lowest BCUT2D eigenvalue weighted by Crippen LogP contribution is -2.01. The molecule has 0 amide bonds. The lowest BCUT2D eigenvalue weighted by atomic mass is 10.1. The number of nitrogens with zero attached hydrogens (tertiary/aromatic N) is 2. The Labute approximate surface area is 99.4 Å². The first-order valence-electron chi connectivity index (χ1n) is 5.25. The van der Waals surface area contributed by atoms with Crippen LogP contribution in [-0.4, -0.2) is 14.9 Å². The number of hydrogen-bond acceptors (Lipinski definition) is 3. The van der Waals surface area contributed by atoms with E-state index in [4.69, 9.17) is 0 Å². The van der Waals surface area contributed by atoms with Crippen molar-refractivity contribution in [3.63, 3.8) is 0 Å². The van der Waals surface area contributed by atoms with Gasteiger partial charge in [0, 0.05) is 28.1 Å². The molecule has 0 radical (unpaired) electrons. The second-order valence-corrected chi connectivity index (χ2v) is 5.38. The Morgan fingerprint density at radius 1 is 1.31 bits per heavy atom. The maximum absolute atomic E-state index is 10.3. The van der Waals surface area contributed by atoms with E-state index in [0.29, 0.717) is 0 Å². The van der Waals surface area contributed by atoms with E-state index in [1.165, 1.54) is 4.88 Å². The predicted octanol–water partition coefficient (Wildman–Crippen LogP) is 2.49. The molecule has 1 N–H and O–H groups in total. The van der Waals surface area contributed by atoms with Crippen molar-refractivity contribution in [3.8, 4) is 0 Å². The number of aliphatic hydroxyl groups is 1. The summed E-state index contributed by atoms with van der Waals surface area (Å²) >= 11 is 1.63. The summed E-state index contributed by atoms with van der Waals surface area (Å²) in [6, 6.07) is 4.01. The fourth-order valence-corrected chi connectivity index (χ4v) is 2.80.